The number of hydrogen-bond donors (Lipinski definition) is 3. The second-order valence-electron chi connectivity index (χ2n) is 4.41. The number of benzene rings is 2. The minimum absolute atomic E-state index is 0.122. The Morgan fingerprint density at radius 2 is 1.90 bits per heavy atom. The molecule has 0 aliphatic heterocycles. The van der Waals surface area contributed by atoms with Crippen LogP contribution in [-0.2, 0) is 6.42 Å². The smallest absolute Gasteiger partial charge is 0.251 e. The van der Waals surface area contributed by atoms with Gasteiger partial charge in [0, 0.05) is 17.8 Å². The number of rotatable bonds is 4. The Balaban J connectivity index is 1.88. The van der Waals surface area contributed by atoms with Gasteiger partial charge in [0.1, 0.15) is 5.75 Å². The normalized spacial score (nSPS) is 10.2. The lowest BCUT2D eigenvalue weighted by atomic mass is 10.1. The minimum Gasteiger partial charge on any atom is -0.507 e. The van der Waals surface area contributed by atoms with Crippen LogP contribution in [0.4, 0.5) is 5.69 Å². The van der Waals surface area contributed by atoms with E-state index in [4.69, 9.17) is 5.73 Å². The summed E-state index contributed by atoms with van der Waals surface area (Å²) in [6.07, 6.45) is 0.738. The maximum Gasteiger partial charge on any atom is 0.251 e. The number of halogens is 1. The van der Waals surface area contributed by atoms with E-state index in [0.29, 0.717) is 12.1 Å². The Bertz CT molecular complexity index is 612. The minimum atomic E-state index is -0.188. The fourth-order valence-corrected chi connectivity index (χ4v) is 2.10. The first-order valence-corrected chi connectivity index (χ1v) is 7.25. The summed E-state index contributed by atoms with van der Waals surface area (Å²) in [4.78, 5) is 11.9. The van der Waals surface area contributed by atoms with E-state index in [9.17, 15) is 9.90 Å². The molecule has 0 saturated heterocycles. The summed E-state index contributed by atoms with van der Waals surface area (Å²) >= 11 is 2.01. The second kappa shape index (κ2) is 6.60. The zero-order valence-corrected chi connectivity index (χ0v) is 12.9. The fourth-order valence-electron chi connectivity index (χ4n) is 1.76. The molecule has 0 unspecified atom stereocenters. The summed E-state index contributed by atoms with van der Waals surface area (Å²) in [5.74, 6) is -0.0658. The summed E-state index contributed by atoms with van der Waals surface area (Å²) < 4.78 is 0.723. The Kier molecular flexibility index (Phi) is 4.84. The Morgan fingerprint density at radius 3 is 2.55 bits per heavy atom. The van der Waals surface area contributed by atoms with Gasteiger partial charge >= 0.3 is 0 Å². The first kappa shape index (κ1) is 14.6. The van der Waals surface area contributed by atoms with Crippen LogP contribution in [0.1, 0.15) is 15.9 Å². The zero-order chi connectivity index (χ0) is 14.5. The van der Waals surface area contributed by atoms with Crippen molar-refractivity contribution in [2.75, 3.05) is 12.3 Å². The highest BCUT2D eigenvalue weighted by Gasteiger charge is 2.07. The maximum atomic E-state index is 11.9. The van der Waals surface area contributed by atoms with Crippen LogP contribution in [0, 0.1) is 3.57 Å². The number of aromatic hydroxyl groups is 1. The lowest BCUT2D eigenvalue weighted by Crippen LogP contribution is -2.25. The molecule has 0 fully saturated rings. The van der Waals surface area contributed by atoms with E-state index in [1.807, 2.05) is 46.9 Å². The Morgan fingerprint density at radius 1 is 1.20 bits per heavy atom. The van der Waals surface area contributed by atoms with E-state index in [0.717, 1.165) is 21.2 Å². The Labute approximate surface area is 131 Å². The molecule has 20 heavy (non-hydrogen) atoms. The highest BCUT2D eigenvalue weighted by atomic mass is 127. The van der Waals surface area contributed by atoms with Crippen LogP contribution in [0.15, 0.2) is 42.5 Å². The van der Waals surface area contributed by atoms with Crippen LogP contribution >= 0.6 is 22.6 Å². The van der Waals surface area contributed by atoms with Gasteiger partial charge in [-0.2, -0.15) is 0 Å². The van der Waals surface area contributed by atoms with E-state index in [1.54, 1.807) is 12.1 Å². The number of carbonyl (C=O) groups is 1. The third-order valence-corrected chi connectivity index (χ3v) is 3.80. The molecule has 0 aliphatic carbocycles. The molecule has 0 bridgehead atoms. The summed E-state index contributed by atoms with van der Waals surface area (Å²) in [5, 5.41) is 12.4. The van der Waals surface area contributed by atoms with Crippen LogP contribution in [-0.4, -0.2) is 17.6 Å². The number of carbonyl (C=O) groups excluding carboxylic acids is 1. The molecule has 104 valence electrons. The Hall–Kier alpha value is -1.76. The third kappa shape index (κ3) is 3.86. The standard InChI is InChI=1S/C15H15IN2O2/c16-13-6-3-11(9-14(13)19)15(20)18-8-7-10-1-4-12(17)5-2-10/h1-6,9,19H,7-8,17H2,(H,18,20). The first-order chi connectivity index (χ1) is 9.56. The van der Waals surface area contributed by atoms with E-state index in [1.165, 1.54) is 6.07 Å². The summed E-state index contributed by atoms with van der Waals surface area (Å²) in [5.41, 5.74) is 7.91. The van der Waals surface area contributed by atoms with Crippen LogP contribution < -0.4 is 11.1 Å². The second-order valence-corrected chi connectivity index (χ2v) is 5.58. The predicted octanol–water partition coefficient (Wildman–Crippen LogP) is 2.55. The van der Waals surface area contributed by atoms with E-state index >= 15 is 0 Å². The number of nitrogens with one attached hydrogen (secondary N) is 1. The van der Waals surface area contributed by atoms with Crippen molar-refractivity contribution in [3.63, 3.8) is 0 Å². The van der Waals surface area contributed by atoms with Gasteiger partial charge in [-0.05, 0) is 64.9 Å². The molecule has 2 rings (SSSR count). The average molecular weight is 382 g/mol. The topological polar surface area (TPSA) is 75.3 Å². The molecule has 2 aromatic rings. The quantitative estimate of drug-likeness (QED) is 0.562. The van der Waals surface area contributed by atoms with Crippen molar-refractivity contribution in [3.8, 4) is 5.75 Å². The molecular formula is C15H15IN2O2. The molecule has 0 saturated carbocycles. The van der Waals surface area contributed by atoms with Crippen molar-refractivity contribution >= 4 is 34.2 Å². The van der Waals surface area contributed by atoms with Gasteiger partial charge in [-0.3, -0.25) is 4.79 Å². The van der Waals surface area contributed by atoms with Crippen molar-refractivity contribution in [1.29, 1.82) is 0 Å². The van der Waals surface area contributed by atoms with Crippen molar-refractivity contribution in [1.82, 2.24) is 5.32 Å². The monoisotopic (exact) mass is 382 g/mol. The predicted molar refractivity (Wildman–Crippen MR) is 87.7 cm³/mol. The van der Waals surface area contributed by atoms with Gasteiger partial charge in [0.05, 0.1) is 3.57 Å². The van der Waals surface area contributed by atoms with Crippen molar-refractivity contribution in [2.24, 2.45) is 0 Å². The van der Waals surface area contributed by atoms with Crippen molar-refractivity contribution in [2.45, 2.75) is 6.42 Å². The van der Waals surface area contributed by atoms with E-state index in [-0.39, 0.29) is 11.7 Å². The number of phenols is 1. The fraction of sp³-hybridized carbons (Fsp3) is 0.133. The number of amides is 1. The number of anilines is 1. The molecular weight excluding hydrogens is 367 g/mol. The van der Waals surface area contributed by atoms with Crippen molar-refractivity contribution in [3.05, 3.63) is 57.2 Å². The molecule has 2 aromatic carbocycles. The molecule has 1 amide bonds. The zero-order valence-electron chi connectivity index (χ0n) is 10.8. The van der Waals surface area contributed by atoms with Gasteiger partial charge in [0.2, 0.25) is 0 Å². The molecule has 0 aliphatic rings. The lowest BCUT2D eigenvalue weighted by molar-refractivity contribution is 0.0953. The van der Waals surface area contributed by atoms with Crippen LogP contribution in [0.5, 0.6) is 5.75 Å². The molecule has 0 spiro atoms. The molecule has 0 aromatic heterocycles. The van der Waals surface area contributed by atoms with Crippen molar-refractivity contribution < 1.29 is 9.90 Å². The summed E-state index contributed by atoms with van der Waals surface area (Å²) in [7, 11) is 0. The van der Waals surface area contributed by atoms with Gasteiger partial charge in [0.25, 0.3) is 5.91 Å². The van der Waals surface area contributed by atoms with E-state index in [2.05, 4.69) is 5.32 Å². The summed E-state index contributed by atoms with van der Waals surface area (Å²) in [6.45, 7) is 0.537. The number of hydrogen-bond acceptors (Lipinski definition) is 3. The first-order valence-electron chi connectivity index (χ1n) is 6.17. The van der Waals surface area contributed by atoms with Crippen LogP contribution in [0.2, 0.25) is 0 Å². The highest BCUT2D eigenvalue weighted by molar-refractivity contribution is 14.1. The lowest BCUT2D eigenvalue weighted by Gasteiger charge is -2.06. The molecule has 0 radical (unpaired) electrons. The SMILES string of the molecule is Nc1ccc(CCNC(=O)c2ccc(I)c(O)c2)cc1. The number of phenolic OH excluding ortho intramolecular Hbond substituents is 1. The molecule has 5 heteroatoms. The molecule has 4 nitrogen and oxygen atoms in total. The average Bonchev–Trinajstić information content (AvgIpc) is 2.44. The van der Waals surface area contributed by atoms with Gasteiger partial charge < -0.3 is 16.2 Å². The number of nitrogens with two attached hydrogens (primary N) is 1. The number of nitrogen functional groups attached to an aromatic ring is 1. The molecule has 0 heterocycles. The van der Waals surface area contributed by atoms with Gasteiger partial charge in [-0.15, -0.1) is 0 Å². The summed E-state index contributed by atoms with van der Waals surface area (Å²) in [6, 6.07) is 12.4. The van der Waals surface area contributed by atoms with Gasteiger partial charge in [-0.25, -0.2) is 0 Å². The third-order valence-electron chi connectivity index (χ3n) is 2.89. The molecule has 0 atom stereocenters. The van der Waals surface area contributed by atoms with Gasteiger partial charge in [0.15, 0.2) is 0 Å². The van der Waals surface area contributed by atoms with E-state index < -0.39 is 0 Å². The maximum absolute atomic E-state index is 11.9. The largest absolute Gasteiger partial charge is 0.507 e. The highest BCUT2D eigenvalue weighted by Crippen LogP contribution is 2.20. The van der Waals surface area contributed by atoms with Crippen LogP contribution in [0.3, 0.4) is 0 Å². The molecule has 4 N–H and O–H groups in total. The van der Waals surface area contributed by atoms with Crippen LogP contribution in [0.25, 0.3) is 0 Å². The van der Waals surface area contributed by atoms with Gasteiger partial charge in [-0.1, -0.05) is 12.1 Å².